The lowest BCUT2D eigenvalue weighted by atomic mass is 9.74. The van der Waals surface area contributed by atoms with Gasteiger partial charge in [0.25, 0.3) is 0 Å². The highest BCUT2D eigenvalue weighted by atomic mass is 19.1. The van der Waals surface area contributed by atoms with Crippen LogP contribution in [-0.2, 0) is 19.1 Å². The number of esters is 1. The second-order valence-corrected chi connectivity index (χ2v) is 11.0. The van der Waals surface area contributed by atoms with E-state index < -0.39 is 47.2 Å². The molecule has 0 amide bonds. The van der Waals surface area contributed by atoms with Crippen molar-refractivity contribution < 1.29 is 33.7 Å². The number of pyridine rings is 1. The van der Waals surface area contributed by atoms with Gasteiger partial charge in [0, 0.05) is 18.5 Å². The molecule has 2 aliphatic heterocycles. The van der Waals surface area contributed by atoms with Crippen LogP contribution in [0.2, 0.25) is 0 Å². The first kappa shape index (κ1) is 27.4. The third-order valence-corrected chi connectivity index (χ3v) is 7.58. The Hall–Kier alpha value is -2.16. The number of hydrogen-bond donors (Lipinski definition) is 2. The van der Waals surface area contributed by atoms with Gasteiger partial charge in [0.05, 0.1) is 23.6 Å². The summed E-state index contributed by atoms with van der Waals surface area (Å²) < 4.78 is 26.4. The monoisotopic (exact) mass is 491 g/mol. The van der Waals surface area contributed by atoms with Gasteiger partial charge in [-0.2, -0.15) is 0 Å². The molecular weight excluding hydrogens is 453 g/mol. The molecule has 2 saturated heterocycles. The normalized spacial score (nSPS) is 37.3. The van der Waals surface area contributed by atoms with Crippen LogP contribution in [-0.4, -0.2) is 50.5 Å². The van der Waals surface area contributed by atoms with Crippen molar-refractivity contribution in [2.45, 2.75) is 96.7 Å². The molecule has 1 aromatic rings. The van der Waals surface area contributed by atoms with Crippen LogP contribution in [0.4, 0.5) is 4.39 Å². The van der Waals surface area contributed by atoms with Crippen molar-refractivity contribution in [3.63, 3.8) is 0 Å². The fourth-order valence-electron chi connectivity index (χ4n) is 5.03. The molecule has 0 saturated carbocycles. The molecule has 35 heavy (non-hydrogen) atoms. The summed E-state index contributed by atoms with van der Waals surface area (Å²) in [6.07, 6.45) is 1.93. The quantitative estimate of drug-likeness (QED) is 0.467. The predicted octanol–water partition coefficient (Wildman–Crippen LogP) is 4.36. The van der Waals surface area contributed by atoms with E-state index in [1.807, 2.05) is 6.92 Å². The van der Waals surface area contributed by atoms with Gasteiger partial charge in [-0.3, -0.25) is 14.6 Å². The average Bonchev–Trinajstić information content (AvgIpc) is 3.31. The van der Waals surface area contributed by atoms with E-state index in [1.54, 1.807) is 39.0 Å². The molecule has 0 radical (unpaired) electrons. The van der Waals surface area contributed by atoms with Crippen molar-refractivity contribution >= 4 is 17.8 Å². The number of ketones is 1. The topological polar surface area (TPSA) is 109 Å². The highest BCUT2D eigenvalue weighted by Crippen LogP contribution is 2.53. The molecular formula is C27H38FNO6. The highest BCUT2D eigenvalue weighted by molar-refractivity contribution is 5.87. The Morgan fingerprint density at radius 1 is 1.23 bits per heavy atom. The van der Waals surface area contributed by atoms with Crippen molar-refractivity contribution in [3.05, 3.63) is 35.9 Å². The Labute approximate surface area is 206 Å². The van der Waals surface area contributed by atoms with Gasteiger partial charge in [0.2, 0.25) is 0 Å². The van der Waals surface area contributed by atoms with Gasteiger partial charge >= 0.3 is 5.97 Å². The van der Waals surface area contributed by atoms with E-state index in [4.69, 9.17) is 9.47 Å². The predicted molar refractivity (Wildman–Crippen MR) is 128 cm³/mol. The molecule has 6 atom stereocenters. The summed E-state index contributed by atoms with van der Waals surface area (Å²) in [6, 6.07) is 4.99. The molecule has 0 spiro atoms. The molecule has 3 heterocycles. The Bertz CT molecular complexity index is 950. The summed E-state index contributed by atoms with van der Waals surface area (Å²) in [5, 5.41) is 21.8. The van der Waals surface area contributed by atoms with E-state index in [2.05, 4.69) is 11.9 Å². The lowest BCUT2D eigenvalue weighted by molar-refractivity contribution is -0.156. The summed E-state index contributed by atoms with van der Waals surface area (Å²) in [7, 11) is 0. The maximum absolute atomic E-state index is 15.3. The van der Waals surface area contributed by atoms with E-state index >= 15 is 4.39 Å². The number of fused-ring (bicyclic) bond motifs is 1. The molecule has 2 N–H and O–H groups in total. The lowest BCUT2D eigenvalue weighted by Gasteiger charge is -2.32. The molecule has 1 aromatic heterocycles. The van der Waals surface area contributed by atoms with Crippen molar-refractivity contribution in [3.8, 4) is 0 Å². The number of Topliss-reactive ketones (excluding diaryl/α,β-unsaturated/α-hetero) is 1. The summed E-state index contributed by atoms with van der Waals surface area (Å²) in [5.41, 5.74) is -1.74. The number of ether oxygens (including phenoxy) is 2. The number of aliphatic hydroxyl groups is 2. The number of cyclic esters (lactones) is 1. The van der Waals surface area contributed by atoms with Crippen LogP contribution in [0.15, 0.2) is 30.2 Å². The minimum Gasteiger partial charge on any atom is -0.455 e. The van der Waals surface area contributed by atoms with Gasteiger partial charge in [-0.15, -0.1) is 0 Å². The Kier molecular flexibility index (Phi) is 8.19. The minimum atomic E-state index is -1.64. The lowest BCUT2D eigenvalue weighted by Crippen LogP contribution is -2.42. The fraction of sp³-hybridized carbons (Fsp3) is 0.667. The summed E-state index contributed by atoms with van der Waals surface area (Å²) >= 11 is 0. The number of nitrogens with zero attached hydrogens (tertiary/aromatic N) is 1. The van der Waals surface area contributed by atoms with E-state index in [9.17, 15) is 19.8 Å². The second kappa shape index (κ2) is 10.4. The van der Waals surface area contributed by atoms with E-state index in [0.29, 0.717) is 18.5 Å². The van der Waals surface area contributed by atoms with Gasteiger partial charge < -0.3 is 19.7 Å². The van der Waals surface area contributed by atoms with Crippen LogP contribution in [0.1, 0.15) is 78.8 Å². The number of carbonyl (C=O) groups excluding carboxylic acids is 2. The maximum atomic E-state index is 15.3. The standard InChI is InChI=1S/C27H38FNO6/c1-17-9-8-11-26(5)27(33,35-26)16-21(20(28)14-19-10-6-7-12-29-19)34-23(31)15-22(30)25(3,4)24(32)18(2)13-17/h6-7,10,12,14,17-18,21-22,30,33H,8-9,11,13,15-16H2,1-5H3/t17-,18+,21-,22-,26+,27-/m0/s1. The highest BCUT2D eigenvalue weighted by Gasteiger charge is 2.67. The van der Waals surface area contributed by atoms with Crippen molar-refractivity contribution in [1.82, 2.24) is 4.98 Å². The SMILES string of the molecule is C[C@H]1CCC[C@@]2(C)O[C@@]2(O)C[C@@H](C(F)=Cc2ccccn2)OC(=O)C[C@H](O)C(C)(C)C(=O)[C@H](C)C1. The molecule has 0 bridgehead atoms. The Morgan fingerprint density at radius 3 is 2.60 bits per heavy atom. The number of aromatic nitrogens is 1. The van der Waals surface area contributed by atoms with Crippen molar-refractivity contribution in [2.24, 2.45) is 17.3 Å². The minimum absolute atomic E-state index is 0.124. The molecule has 7 nitrogen and oxygen atoms in total. The first-order valence-corrected chi connectivity index (χ1v) is 12.4. The van der Waals surface area contributed by atoms with Gasteiger partial charge in [-0.05, 0) is 43.9 Å². The van der Waals surface area contributed by atoms with Gasteiger partial charge in [0.15, 0.2) is 11.9 Å². The van der Waals surface area contributed by atoms with Crippen LogP contribution in [0.3, 0.4) is 0 Å². The number of epoxide rings is 1. The van der Waals surface area contributed by atoms with Crippen LogP contribution in [0, 0.1) is 17.3 Å². The smallest absolute Gasteiger partial charge is 0.309 e. The van der Waals surface area contributed by atoms with Gasteiger partial charge in [0.1, 0.15) is 17.2 Å². The molecule has 0 aliphatic carbocycles. The number of aliphatic hydroxyl groups excluding tert-OH is 1. The van der Waals surface area contributed by atoms with Gasteiger partial charge in [-0.25, -0.2) is 4.39 Å². The first-order valence-electron chi connectivity index (χ1n) is 12.4. The Balaban J connectivity index is 1.88. The van der Waals surface area contributed by atoms with Crippen molar-refractivity contribution in [2.75, 3.05) is 0 Å². The van der Waals surface area contributed by atoms with Crippen LogP contribution in [0.25, 0.3) is 6.08 Å². The third-order valence-electron chi connectivity index (χ3n) is 7.58. The molecule has 194 valence electrons. The average molecular weight is 492 g/mol. The van der Waals surface area contributed by atoms with Crippen molar-refractivity contribution in [1.29, 1.82) is 0 Å². The van der Waals surface area contributed by atoms with Crippen LogP contribution < -0.4 is 0 Å². The summed E-state index contributed by atoms with van der Waals surface area (Å²) in [4.78, 5) is 29.9. The molecule has 2 fully saturated rings. The number of hydrogen-bond acceptors (Lipinski definition) is 7. The number of halogens is 1. The first-order chi connectivity index (χ1) is 16.3. The van der Waals surface area contributed by atoms with Crippen LogP contribution >= 0.6 is 0 Å². The largest absolute Gasteiger partial charge is 0.455 e. The van der Waals surface area contributed by atoms with E-state index in [0.717, 1.165) is 18.9 Å². The summed E-state index contributed by atoms with van der Waals surface area (Å²) in [5.74, 6) is -3.48. The molecule has 8 heteroatoms. The molecule has 0 aromatic carbocycles. The third kappa shape index (κ3) is 6.35. The number of rotatable bonds is 2. The van der Waals surface area contributed by atoms with E-state index in [-0.39, 0.29) is 24.0 Å². The molecule has 3 rings (SSSR count). The maximum Gasteiger partial charge on any atom is 0.309 e. The van der Waals surface area contributed by atoms with Crippen LogP contribution in [0.5, 0.6) is 0 Å². The molecule has 2 aliphatic rings. The molecule has 0 unspecified atom stereocenters. The van der Waals surface area contributed by atoms with E-state index in [1.165, 1.54) is 6.20 Å². The Morgan fingerprint density at radius 2 is 1.94 bits per heavy atom. The second-order valence-electron chi connectivity index (χ2n) is 11.0. The number of carbonyl (C=O) groups is 2. The summed E-state index contributed by atoms with van der Waals surface area (Å²) in [6.45, 7) is 8.90. The zero-order chi connectivity index (χ0) is 26.0. The zero-order valence-electron chi connectivity index (χ0n) is 21.3. The zero-order valence-corrected chi connectivity index (χ0v) is 21.3. The van der Waals surface area contributed by atoms with Gasteiger partial charge in [-0.1, -0.05) is 46.6 Å². The fourth-order valence-corrected chi connectivity index (χ4v) is 5.03.